The highest BCUT2D eigenvalue weighted by molar-refractivity contribution is 5.31. The number of rotatable bonds is 6. The van der Waals surface area contributed by atoms with Crippen molar-refractivity contribution in [1.82, 2.24) is 5.32 Å². The van der Waals surface area contributed by atoms with Crippen LogP contribution in [0.25, 0.3) is 0 Å². The fourth-order valence-corrected chi connectivity index (χ4v) is 2.51. The second-order valence-corrected chi connectivity index (χ2v) is 5.28. The molecule has 0 saturated heterocycles. The van der Waals surface area contributed by atoms with Crippen LogP contribution in [-0.2, 0) is 6.42 Å². The number of halogens is 2. The molecule has 0 aliphatic heterocycles. The van der Waals surface area contributed by atoms with E-state index in [4.69, 9.17) is 0 Å². The second-order valence-electron chi connectivity index (χ2n) is 5.28. The Morgan fingerprint density at radius 2 is 1.81 bits per heavy atom. The van der Waals surface area contributed by atoms with Crippen molar-refractivity contribution >= 4 is 0 Å². The van der Waals surface area contributed by atoms with E-state index in [0.717, 1.165) is 30.2 Å². The van der Waals surface area contributed by atoms with Gasteiger partial charge in [0.2, 0.25) is 0 Å². The fourth-order valence-electron chi connectivity index (χ4n) is 2.51. The minimum atomic E-state index is -0.786. The minimum absolute atomic E-state index is 0.0116. The highest BCUT2D eigenvalue weighted by Crippen LogP contribution is 2.24. The molecule has 0 bridgehead atoms. The van der Waals surface area contributed by atoms with Crippen molar-refractivity contribution in [2.24, 2.45) is 0 Å². The Balaban J connectivity index is 2.28. The van der Waals surface area contributed by atoms with Crippen LogP contribution in [0.15, 0.2) is 42.5 Å². The Labute approximate surface area is 125 Å². The summed E-state index contributed by atoms with van der Waals surface area (Å²) in [5.74, 6) is -1.53. The monoisotopic (exact) mass is 289 g/mol. The van der Waals surface area contributed by atoms with Crippen LogP contribution in [0.2, 0.25) is 0 Å². The summed E-state index contributed by atoms with van der Waals surface area (Å²) < 4.78 is 27.3. The predicted molar refractivity (Wildman–Crippen MR) is 82.3 cm³/mol. The first kappa shape index (κ1) is 15.6. The zero-order chi connectivity index (χ0) is 15.2. The van der Waals surface area contributed by atoms with E-state index < -0.39 is 11.6 Å². The third-order valence-corrected chi connectivity index (χ3v) is 3.66. The third-order valence-electron chi connectivity index (χ3n) is 3.66. The van der Waals surface area contributed by atoms with Gasteiger partial charge in [-0.1, -0.05) is 43.3 Å². The molecule has 0 aromatic heterocycles. The van der Waals surface area contributed by atoms with E-state index in [-0.39, 0.29) is 6.04 Å². The van der Waals surface area contributed by atoms with E-state index in [1.807, 2.05) is 31.2 Å². The van der Waals surface area contributed by atoms with Gasteiger partial charge in [-0.2, -0.15) is 0 Å². The van der Waals surface area contributed by atoms with E-state index in [9.17, 15) is 8.78 Å². The summed E-state index contributed by atoms with van der Waals surface area (Å²) in [5, 5.41) is 3.43. The van der Waals surface area contributed by atoms with Crippen molar-refractivity contribution in [3.8, 4) is 0 Å². The lowest BCUT2D eigenvalue weighted by Gasteiger charge is -2.21. The van der Waals surface area contributed by atoms with Crippen molar-refractivity contribution in [2.75, 3.05) is 6.54 Å². The number of benzene rings is 2. The first-order valence-corrected chi connectivity index (χ1v) is 7.35. The highest BCUT2D eigenvalue weighted by Gasteiger charge is 2.17. The normalized spacial score (nSPS) is 12.4. The summed E-state index contributed by atoms with van der Waals surface area (Å²) >= 11 is 0. The number of nitrogens with one attached hydrogen (secondary N) is 1. The van der Waals surface area contributed by atoms with Gasteiger partial charge < -0.3 is 5.32 Å². The summed E-state index contributed by atoms with van der Waals surface area (Å²) in [7, 11) is 0. The van der Waals surface area contributed by atoms with Crippen molar-refractivity contribution < 1.29 is 8.78 Å². The molecule has 0 radical (unpaired) electrons. The molecule has 1 N–H and O–H groups in total. The van der Waals surface area contributed by atoms with Gasteiger partial charge in [0.1, 0.15) is 0 Å². The van der Waals surface area contributed by atoms with Crippen molar-refractivity contribution in [2.45, 2.75) is 32.7 Å². The Morgan fingerprint density at radius 3 is 2.52 bits per heavy atom. The molecule has 0 heterocycles. The van der Waals surface area contributed by atoms with Gasteiger partial charge in [-0.15, -0.1) is 0 Å². The molecule has 112 valence electrons. The lowest BCUT2D eigenvalue weighted by molar-refractivity contribution is 0.476. The maximum atomic E-state index is 13.9. The second kappa shape index (κ2) is 7.32. The van der Waals surface area contributed by atoms with Crippen molar-refractivity contribution in [1.29, 1.82) is 0 Å². The predicted octanol–water partition coefficient (Wildman–Crippen LogP) is 4.56. The van der Waals surface area contributed by atoms with Gasteiger partial charge in [0.25, 0.3) is 0 Å². The summed E-state index contributed by atoms with van der Waals surface area (Å²) in [6, 6.07) is 12.4. The van der Waals surface area contributed by atoms with Crippen LogP contribution in [0.1, 0.15) is 36.1 Å². The van der Waals surface area contributed by atoms with Crippen molar-refractivity contribution in [3.05, 3.63) is 70.8 Å². The standard InChI is InChI=1S/C18H21F2N/c1-3-11-21-17(15-9-5-4-7-13(15)2)12-14-8-6-10-16(19)18(14)20/h4-10,17,21H,3,11-12H2,1-2H3. The van der Waals surface area contributed by atoms with Gasteiger partial charge in [-0.3, -0.25) is 0 Å². The maximum Gasteiger partial charge on any atom is 0.162 e. The lowest BCUT2D eigenvalue weighted by atomic mass is 9.95. The zero-order valence-corrected chi connectivity index (χ0v) is 12.5. The lowest BCUT2D eigenvalue weighted by Crippen LogP contribution is -2.25. The summed E-state index contributed by atoms with van der Waals surface area (Å²) in [5.41, 5.74) is 2.70. The molecule has 2 aromatic carbocycles. The molecular weight excluding hydrogens is 268 g/mol. The van der Waals surface area contributed by atoms with Crippen LogP contribution < -0.4 is 5.32 Å². The van der Waals surface area contributed by atoms with Gasteiger partial charge in [-0.25, -0.2) is 8.78 Å². The quantitative estimate of drug-likeness (QED) is 0.822. The summed E-state index contributed by atoms with van der Waals surface area (Å²) in [4.78, 5) is 0. The molecule has 2 aromatic rings. The Hall–Kier alpha value is -1.74. The van der Waals surface area contributed by atoms with Crippen LogP contribution in [0.5, 0.6) is 0 Å². The van der Waals surface area contributed by atoms with Crippen LogP contribution in [0.3, 0.4) is 0 Å². The van der Waals surface area contributed by atoms with Gasteiger partial charge in [0.15, 0.2) is 11.6 Å². The molecule has 0 amide bonds. The number of hydrogen-bond acceptors (Lipinski definition) is 1. The van der Waals surface area contributed by atoms with E-state index in [1.165, 1.54) is 0 Å². The third kappa shape index (κ3) is 3.88. The van der Waals surface area contributed by atoms with E-state index in [1.54, 1.807) is 12.1 Å². The Bertz CT molecular complexity index is 596. The zero-order valence-electron chi connectivity index (χ0n) is 12.5. The van der Waals surface area contributed by atoms with Gasteiger partial charge in [0, 0.05) is 6.04 Å². The first-order chi connectivity index (χ1) is 10.1. The maximum absolute atomic E-state index is 13.9. The van der Waals surface area contributed by atoms with E-state index in [0.29, 0.717) is 12.0 Å². The van der Waals surface area contributed by atoms with Gasteiger partial charge in [-0.05, 0) is 49.1 Å². The molecule has 0 aliphatic rings. The van der Waals surface area contributed by atoms with Gasteiger partial charge >= 0.3 is 0 Å². The van der Waals surface area contributed by atoms with Crippen LogP contribution >= 0.6 is 0 Å². The molecule has 0 aliphatic carbocycles. The molecule has 1 unspecified atom stereocenters. The van der Waals surface area contributed by atoms with Gasteiger partial charge in [0.05, 0.1) is 0 Å². The number of hydrogen-bond donors (Lipinski definition) is 1. The first-order valence-electron chi connectivity index (χ1n) is 7.35. The molecule has 0 spiro atoms. The Kier molecular flexibility index (Phi) is 5.45. The average Bonchev–Trinajstić information content (AvgIpc) is 2.48. The minimum Gasteiger partial charge on any atom is -0.310 e. The molecule has 3 heteroatoms. The SMILES string of the molecule is CCCNC(Cc1cccc(F)c1F)c1ccccc1C. The molecule has 2 rings (SSSR count). The fraction of sp³-hybridized carbons (Fsp3) is 0.333. The van der Waals surface area contributed by atoms with Crippen LogP contribution in [0, 0.1) is 18.6 Å². The van der Waals surface area contributed by atoms with E-state index in [2.05, 4.69) is 12.2 Å². The molecule has 0 saturated carbocycles. The summed E-state index contributed by atoms with van der Waals surface area (Å²) in [6.45, 7) is 4.97. The van der Waals surface area contributed by atoms with Crippen LogP contribution in [0.4, 0.5) is 8.78 Å². The summed E-state index contributed by atoms with van der Waals surface area (Å²) in [6.07, 6.45) is 1.43. The molecular formula is C18H21F2N. The van der Waals surface area contributed by atoms with Crippen LogP contribution in [-0.4, -0.2) is 6.54 Å². The Morgan fingerprint density at radius 1 is 1.05 bits per heavy atom. The largest absolute Gasteiger partial charge is 0.310 e. The molecule has 0 fully saturated rings. The number of aryl methyl sites for hydroxylation is 1. The molecule has 1 nitrogen and oxygen atoms in total. The van der Waals surface area contributed by atoms with Crippen molar-refractivity contribution in [3.63, 3.8) is 0 Å². The smallest absolute Gasteiger partial charge is 0.162 e. The average molecular weight is 289 g/mol. The topological polar surface area (TPSA) is 12.0 Å². The molecule has 21 heavy (non-hydrogen) atoms. The highest BCUT2D eigenvalue weighted by atomic mass is 19.2. The van der Waals surface area contributed by atoms with E-state index >= 15 is 0 Å². The molecule has 1 atom stereocenters.